The van der Waals surface area contributed by atoms with E-state index in [4.69, 9.17) is 5.73 Å². The normalized spacial score (nSPS) is 33.2. The minimum Gasteiger partial charge on any atom is -0.321 e. The van der Waals surface area contributed by atoms with Crippen LogP contribution in [-0.4, -0.2) is 0 Å². The van der Waals surface area contributed by atoms with Crippen molar-refractivity contribution in [3.8, 4) is 0 Å². The zero-order valence-electron chi connectivity index (χ0n) is 9.05. The summed E-state index contributed by atoms with van der Waals surface area (Å²) < 4.78 is 0. The molecule has 1 nitrogen and oxygen atoms in total. The van der Waals surface area contributed by atoms with E-state index in [0.717, 1.165) is 18.8 Å². The largest absolute Gasteiger partial charge is 0.321 e. The highest BCUT2D eigenvalue weighted by molar-refractivity contribution is 7.12. The maximum absolute atomic E-state index is 6.49. The monoisotopic (exact) mass is 209 g/mol. The third kappa shape index (κ3) is 1.86. The summed E-state index contributed by atoms with van der Waals surface area (Å²) in [5, 5.41) is 0. The van der Waals surface area contributed by atoms with Crippen molar-refractivity contribution in [1.82, 2.24) is 0 Å². The van der Waals surface area contributed by atoms with E-state index in [0.29, 0.717) is 0 Å². The van der Waals surface area contributed by atoms with Gasteiger partial charge in [-0.05, 0) is 37.8 Å². The maximum Gasteiger partial charge on any atom is 0.0506 e. The lowest BCUT2D eigenvalue weighted by atomic mass is 9.76. The van der Waals surface area contributed by atoms with E-state index >= 15 is 0 Å². The molecule has 0 aliphatic heterocycles. The second kappa shape index (κ2) is 3.67. The fraction of sp³-hybridized carbons (Fsp3) is 0.667. The highest BCUT2D eigenvalue weighted by atomic mass is 32.1. The molecule has 1 fully saturated rings. The van der Waals surface area contributed by atoms with E-state index in [1.54, 1.807) is 0 Å². The van der Waals surface area contributed by atoms with Crippen LogP contribution in [0.15, 0.2) is 12.1 Å². The predicted molar refractivity (Wildman–Crippen MR) is 62.6 cm³/mol. The molecule has 2 atom stereocenters. The molecule has 1 aliphatic rings. The van der Waals surface area contributed by atoms with Crippen molar-refractivity contribution < 1.29 is 0 Å². The first-order chi connectivity index (χ1) is 6.60. The Balaban J connectivity index is 2.22. The van der Waals surface area contributed by atoms with Crippen molar-refractivity contribution in [2.45, 2.75) is 45.1 Å². The fourth-order valence-corrected chi connectivity index (χ4v) is 3.53. The van der Waals surface area contributed by atoms with E-state index in [2.05, 4.69) is 26.0 Å². The molecule has 0 aromatic carbocycles. The van der Waals surface area contributed by atoms with Crippen LogP contribution in [0, 0.1) is 12.8 Å². The van der Waals surface area contributed by atoms with E-state index < -0.39 is 0 Å². The van der Waals surface area contributed by atoms with E-state index in [1.807, 2.05) is 11.3 Å². The Bertz CT molecular complexity index is 318. The van der Waals surface area contributed by atoms with Crippen molar-refractivity contribution >= 4 is 11.3 Å². The standard InChI is InChI=1S/C12H19NS/c1-9-4-3-7-12(13,8-9)11-6-5-10(2)14-11/h5-6,9H,3-4,7-8,13H2,1-2H3. The molecule has 1 saturated carbocycles. The average molecular weight is 209 g/mol. The van der Waals surface area contributed by atoms with Crippen LogP contribution in [0.4, 0.5) is 0 Å². The summed E-state index contributed by atoms with van der Waals surface area (Å²) in [7, 11) is 0. The Labute approximate surface area is 90.3 Å². The second-order valence-electron chi connectivity index (χ2n) is 4.77. The topological polar surface area (TPSA) is 26.0 Å². The van der Waals surface area contributed by atoms with Gasteiger partial charge in [-0.3, -0.25) is 0 Å². The molecular weight excluding hydrogens is 190 g/mol. The number of aryl methyl sites for hydroxylation is 1. The van der Waals surface area contributed by atoms with Crippen molar-refractivity contribution in [3.05, 3.63) is 21.9 Å². The fourth-order valence-electron chi connectivity index (χ4n) is 2.52. The third-order valence-electron chi connectivity index (χ3n) is 3.26. The molecule has 2 unspecified atom stereocenters. The van der Waals surface area contributed by atoms with Crippen LogP contribution in [-0.2, 0) is 5.54 Å². The molecule has 2 heteroatoms. The smallest absolute Gasteiger partial charge is 0.0506 e. The first-order valence-electron chi connectivity index (χ1n) is 5.46. The van der Waals surface area contributed by atoms with Crippen molar-refractivity contribution in [2.75, 3.05) is 0 Å². The summed E-state index contributed by atoms with van der Waals surface area (Å²) in [6.45, 7) is 4.48. The van der Waals surface area contributed by atoms with Gasteiger partial charge in [0.05, 0.1) is 5.54 Å². The van der Waals surface area contributed by atoms with Gasteiger partial charge in [0, 0.05) is 9.75 Å². The molecular formula is C12H19NS. The zero-order chi connectivity index (χ0) is 10.2. The first kappa shape index (κ1) is 10.2. The van der Waals surface area contributed by atoms with Crippen LogP contribution in [0.25, 0.3) is 0 Å². The van der Waals surface area contributed by atoms with Gasteiger partial charge in [-0.1, -0.05) is 19.8 Å². The van der Waals surface area contributed by atoms with Gasteiger partial charge in [0.25, 0.3) is 0 Å². The quantitative estimate of drug-likeness (QED) is 0.753. The van der Waals surface area contributed by atoms with Crippen LogP contribution in [0.1, 0.15) is 42.4 Å². The molecule has 0 radical (unpaired) electrons. The van der Waals surface area contributed by atoms with E-state index in [1.165, 1.54) is 22.6 Å². The van der Waals surface area contributed by atoms with Gasteiger partial charge < -0.3 is 5.73 Å². The van der Waals surface area contributed by atoms with Crippen LogP contribution in [0.2, 0.25) is 0 Å². The Morgan fingerprint density at radius 2 is 2.29 bits per heavy atom. The first-order valence-corrected chi connectivity index (χ1v) is 6.28. The SMILES string of the molecule is Cc1ccc(C2(N)CCCC(C)C2)s1. The van der Waals surface area contributed by atoms with Gasteiger partial charge in [-0.15, -0.1) is 11.3 Å². The van der Waals surface area contributed by atoms with Gasteiger partial charge in [-0.2, -0.15) is 0 Å². The summed E-state index contributed by atoms with van der Waals surface area (Å²) in [6, 6.07) is 4.41. The van der Waals surface area contributed by atoms with Gasteiger partial charge in [0.2, 0.25) is 0 Å². The lowest BCUT2D eigenvalue weighted by molar-refractivity contribution is 0.243. The summed E-state index contributed by atoms with van der Waals surface area (Å²) in [4.78, 5) is 2.77. The number of nitrogens with two attached hydrogens (primary N) is 1. The van der Waals surface area contributed by atoms with Crippen molar-refractivity contribution in [2.24, 2.45) is 11.7 Å². The molecule has 0 bridgehead atoms. The summed E-state index contributed by atoms with van der Waals surface area (Å²) >= 11 is 1.87. The predicted octanol–water partition coefficient (Wildman–Crippen LogP) is 3.42. The number of hydrogen-bond acceptors (Lipinski definition) is 2. The Hall–Kier alpha value is -0.340. The number of hydrogen-bond donors (Lipinski definition) is 1. The molecule has 1 aromatic rings. The zero-order valence-corrected chi connectivity index (χ0v) is 9.86. The average Bonchev–Trinajstić information content (AvgIpc) is 2.52. The van der Waals surface area contributed by atoms with Crippen molar-refractivity contribution in [3.63, 3.8) is 0 Å². The van der Waals surface area contributed by atoms with Crippen molar-refractivity contribution in [1.29, 1.82) is 0 Å². The molecule has 2 N–H and O–H groups in total. The highest BCUT2D eigenvalue weighted by Crippen LogP contribution is 2.40. The summed E-state index contributed by atoms with van der Waals surface area (Å²) in [6.07, 6.45) is 4.96. The molecule has 14 heavy (non-hydrogen) atoms. The molecule has 0 spiro atoms. The maximum atomic E-state index is 6.49. The lowest BCUT2D eigenvalue weighted by Gasteiger charge is -2.36. The van der Waals surface area contributed by atoms with Crippen LogP contribution in [0.5, 0.6) is 0 Å². The summed E-state index contributed by atoms with van der Waals surface area (Å²) in [5.41, 5.74) is 6.48. The van der Waals surface area contributed by atoms with Crippen LogP contribution < -0.4 is 5.73 Å². The van der Waals surface area contributed by atoms with Gasteiger partial charge in [-0.25, -0.2) is 0 Å². The number of thiophene rings is 1. The van der Waals surface area contributed by atoms with Crippen LogP contribution in [0.3, 0.4) is 0 Å². The summed E-state index contributed by atoms with van der Waals surface area (Å²) in [5.74, 6) is 0.788. The molecule has 0 saturated heterocycles. The van der Waals surface area contributed by atoms with Gasteiger partial charge >= 0.3 is 0 Å². The highest BCUT2D eigenvalue weighted by Gasteiger charge is 2.33. The second-order valence-corrected chi connectivity index (χ2v) is 6.06. The Morgan fingerprint density at radius 1 is 1.50 bits per heavy atom. The van der Waals surface area contributed by atoms with Crippen LogP contribution >= 0.6 is 11.3 Å². The molecule has 1 aliphatic carbocycles. The van der Waals surface area contributed by atoms with Gasteiger partial charge in [0.1, 0.15) is 0 Å². The van der Waals surface area contributed by atoms with E-state index in [9.17, 15) is 0 Å². The number of rotatable bonds is 1. The Morgan fingerprint density at radius 3 is 2.86 bits per heavy atom. The van der Waals surface area contributed by atoms with Gasteiger partial charge in [0.15, 0.2) is 0 Å². The molecule has 1 aromatic heterocycles. The minimum absolute atomic E-state index is 0.0173. The third-order valence-corrected chi connectivity index (χ3v) is 4.48. The molecule has 0 amide bonds. The minimum atomic E-state index is -0.0173. The molecule has 78 valence electrons. The lowest BCUT2D eigenvalue weighted by Crippen LogP contribution is -2.40. The molecule has 1 heterocycles. The Kier molecular flexibility index (Phi) is 2.67. The van der Waals surface area contributed by atoms with E-state index in [-0.39, 0.29) is 5.54 Å². The molecule has 2 rings (SSSR count).